The van der Waals surface area contributed by atoms with Crippen LogP contribution < -0.4 is 0 Å². The average Bonchev–Trinajstić information content (AvgIpc) is 2.88. The number of rotatable bonds is 2. The molecule has 2 aromatic rings. The molecule has 0 aromatic carbocycles. The third kappa shape index (κ3) is 1.79. The Hall–Kier alpha value is -1.84. The molecule has 4 heteroatoms. The van der Waals surface area contributed by atoms with Crippen molar-refractivity contribution in [1.82, 2.24) is 9.72 Å². The molecule has 0 spiro atoms. The number of aromatic nitrogens is 2. The van der Waals surface area contributed by atoms with Crippen molar-refractivity contribution < 1.29 is 9.32 Å². The molecule has 0 aliphatic heterocycles. The van der Waals surface area contributed by atoms with Crippen LogP contribution in [0, 0.1) is 6.92 Å². The number of fused-ring (bicyclic) bond motifs is 1. The minimum atomic E-state index is 0.265. The Balaban J connectivity index is 1.91. The third-order valence-electron chi connectivity index (χ3n) is 3.21. The molecule has 0 saturated heterocycles. The lowest BCUT2D eigenvalue weighted by Gasteiger charge is -2.13. The first-order valence-electron chi connectivity index (χ1n) is 5.87. The normalized spacial score (nSPS) is 15.0. The minimum absolute atomic E-state index is 0.265. The van der Waals surface area contributed by atoms with Gasteiger partial charge in [-0.1, -0.05) is 5.16 Å². The van der Waals surface area contributed by atoms with Crippen molar-refractivity contribution in [3.63, 3.8) is 0 Å². The summed E-state index contributed by atoms with van der Waals surface area (Å²) in [6, 6.07) is 3.85. The molecule has 0 radical (unpaired) electrons. The van der Waals surface area contributed by atoms with Crippen LogP contribution in [0.5, 0.6) is 0 Å². The topological polar surface area (TPSA) is 48.0 Å². The van der Waals surface area contributed by atoms with Crippen molar-refractivity contribution in [2.45, 2.75) is 32.7 Å². The zero-order chi connectivity index (χ0) is 11.8. The lowest BCUT2D eigenvalue weighted by Crippen LogP contribution is -2.13. The first-order valence-corrected chi connectivity index (χ1v) is 5.87. The molecular weight excluding hydrogens is 216 g/mol. The Morgan fingerprint density at radius 2 is 2.35 bits per heavy atom. The largest absolute Gasteiger partial charge is 0.361 e. The fourth-order valence-corrected chi connectivity index (χ4v) is 2.40. The molecule has 1 aliphatic rings. The monoisotopic (exact) mass is 230 g/mol. The number of hydrogen-bond donors (Lipinski definition) is 0. The highest BCUT2D eigenvalue weighted by molar-refractivity contribution is 5.98. The smallest absolute Gasteiger partial charge is 0.164 e. The maximum absolute atomic E-state index is 11.7. The van der Waals surface area contributed by atoms with Gasteiger partial charge in [0.25, 0.3) is 0 Å². The van der Waals surface area contributed by atoms with Crippen molar-refractivity contribution in [1.29, 1.82) is 0 Å². The van der Waals surface area contributed by atoms with Gasteiger partial charge in [0.15, 0.2) is 5.78 Å². The highest BCUT2D eigenvalue weighted by Gasteiger charge is 2.20. The SMILES string of the molecule is Cc1cc(Cn2ccc3c2CCCC3=O)no1. The van der Waals surface area contributed by atoms with Crippen LogP contribution in [-0.4, -0.2) is 15.5 Å². The van der Waals surface area contributed by atoms with Gasteiger partial charge in [-0.3, -0.25) is 4.79 Å². The van der Waals surface area contributed by atoms with Gasteiger partial charge in [0.1, 0.15) is 11.5 Å². The molecule has 2 aromatic heterocycles. The maximum atomic E-state index is 11.7. The second kappa shape index (κ2) is 3.87. The average molecular weight is 230 g/mol. The summed E-state index contributed by atoms with van der Waals surface area (Å²) in [5.41, 5.74) is 2.93. The number of Topliss-reactive ketones (excluding diaryl/α,β-unsaturated/α-hetero) is 1. The van der Waals surface area contributed by atoms with Gasteiger partial charge in [0.2, 0.25) is 0 Å². The quantitative estimate of drug-likeness (QED) is 0.795. The predicted octanol–water partition coefficient (Wildman–Crippen LogP) is 2.35. The summed E-state index contributed by atoms with van der Waals surface area (Å²) in [6.07, 6.45) is 4.58. The lowest BCUT2D eigenvalue weighted by atomic mass is 9.97. The van der Waals surface area contributed by atoms with Gasteiger partial charge >= 0.3 is 0 Å². The van der Waals surface area contributed by atoms with E-state index in [4.69, 9.17) is 4.52 Å². The first kappa shape index (κ1) is 10.3. The minimum Gasteiger partial charge on any atom is -0.361 e. The molecule has 17 heavy (non-hydrogen) atoms. The highest BCUT2D eigenvalue weighted by Crippen LogP contribution is 2.23. The summed E-state index contributed by atoms with van der Waals surface area (Å²) in [5.74, 6) is 1.08. The molecule has 0 bridgehead atoms. The van der Waals surface area contributed by atoms with Crippen molar-refractivity contribution >= 4 is 5.78 Å². The molecule has 0 atom stereocenters. The van der Waals surface area contributed by atoms with Crippen molar-refractivity contribution in [3.05, 3.63) is 41.0 Å². The van der Waals surface area contributed by atoms with Crippen LogP contribution in [0.4, 0.5) is 0 Å². The summed E-state index contributed by atoms with van der Waals surface area (Å²) in [5, 5.41) is 3.98. The van der Waals surface area contributed by atoms with Gasteiger partial charge in [-0.05, 0) is 25.8 Å². The predicted molar refractivity (Wildman–Crippen MR) is 62.0 cm³/mol. The lowest BCUT2D eigenvalue weighted by molar-refractivity contribution is 0.0972. The maximum Gasteiger partial charge on any atom is 0.164 e. The van der Waals surface area contributed by atoms with Crippen molar-refractivity contribution in [2.24, 2.45) is 0 Å². The number of hydrogen-bond acceptors (Lipinski definition) is 3. The number of carbonyl (C=O) groups excluding carboxylic acids is 1. The van der Waals surface area contributed by atoms with Crippen LogP contribution in [0.3, 0.4) is 0 Å². The van der Waals surface area contributed by atoms with Crippen molar-refractivity contribution in [2.75, 3.05) is 0 Å². The van der Waals surface area contributed by atoms with E-state index in [1.165, 1.54) is 0 Å². The molecule has 4 nitrogen and oxygen atoms in total. The fraction of sp³-hybridized carbons (Fsp3) is 0.385. The van der Waals surface area contributed by atoms with Gasteiger partial charge < -0.3 is 9.09 Å². The van der Waals surface area contributed by atoms with E-state index >= 15 is 0 Å². The molecular formula is C13H14N2O2. The Morgan fingerprint density at radius 3 is 3.12 bits per heavy atom. The fourth-order valence-electron chi connectivity index (χ4n) is 2.40. The molecule has 0 N–H and O–H groups in total. The molecule has 1 aliphatic carbocycles. The molecule has 3 rings (SSSR count). The van der Waals surface area contributed by atoms with Gasteiger partial charge in [0, 0.05) is 29.9 Å². The summed E-state index contributed by atoms with van der Waals surface area (Å²) < 4.78 is 7.15. The van der Waals surface area contributed by atoms with Gasteiger partial charge in [0.05, 0.1) is 6.54 Å². The number of ketones is 1. The van der Waals surface area contributed by atoms with E-state index in [2.05, 4.69) is 9.72 Å². The number of carbonyl (C=O) groups is 1. The van der Waals surface area contributed by atoms with E-state index in [1.54, 1.807) is 0 Å². The van der Waals surface area contributed by atoms with E-state index < -0.39 is 0 Å². The van der Waals surface area contributed by atoms with Crippen LogP contribution in [-0.2, 0) is 13.0 Å². The molecule has 0 unspecified atom stereocenters. The Kier molecular flexibility index (Phi) is 2.35. The van der Waals surface area contributed by atoms with Gasteiger partial charge in [-0.15, -0.1) is 0 Å². The molecule has 0 amide bonds. The molecule has 0 fully saturated rings. The number of nitrogens with zero attached hydrogens (tertiary/aromatic N) is 2. The van der Waals surface area contributed by atoms with Crippen LogP contribution in [0.2, 0.25) is 0 Å². The Labute approximate surface area is 99.2 Å². The number of aryl methyl sites for hydroxylation is 1. The summed E-state index contributed by atoms with van der Waals surface area (Å²) in [7, 11) is 0. The summed E-state index contributed by atoms with van der Waals surface area (Å²) in [4.78, 5) is 11.7. The van der Waals surface area contributed by atoms with Crippen molar-refractivity contribution in [3.8, 4) is 0 Å². The molecule has 0 saturated carbocycles. The zero-order valence-electron chi connectivity index (χ0n) is 9.77. The Bertz CT molecular complexity index is 566. The summed E-state index contributed by atoms with van der Waals surface area (Å²) in [6.45, 7) is 2.56. The third-order valence-corrected chi connectivity index (χ3v) is 3.21. The van der Waals surface area contributed by atoms with Gasteiger partial charge in [-0.2, -0.15) is 0 Å². The second-order valence-electron chi connectivity index (χ2n) is 4.51. The van der Waals surface area contributed by atoms with E-state index in [0.717, 1.165) is 35.6 Å². The standard InChI is InChI=1S/C13H14N2O2/c1-9-7-10(14-17-9)8-15-6-5-11-12(15)3-2-4-13(11)16/h5-7H,2-4,8H2,1H3. The summed E-state index contributed by atoms with van der Waals surface area (Å²) >= 11 is 0. The Morgan fingerprint density at radius 1 is 1.47 bits per heavy atom. The van der Waals surface area contributed by atoms with E-state index in [1.807, 2.05) is 25.3 Å². The van der Waals surface area contributed by atoms with Crippen LogP contribution in [0.15, 0.2) is 22.9 Å². The van der Waals surface area contributed by atoms with E-state index in [9.17, 15) is 4.79 Å². The highest BCUT2D eigenvalue weighted by atomic mass is 16.5. The first-order chi connectivity index (χ1) is 8.24. The zero-order valence-corrected chi connectivity index (χ0v) is 9.77. The van der Waals surface area contributed by atoms with Crippen LogP contribution in [0.25, 0.3) is 0 Å². The molecule has 2 heterocycles. The van der Waals surface area contributed by atoms with Gasteiger partial charge in [-0.25, -0.2) is 0 Å². The van der Waals surface area contributed by atoms with Crippen LogP contribution in [0.1, 0.15) is 40.3 Å². The van der Waals surface area contributed by atoms with E-state index in [0.29, 0.717) is 13.0 Å². The second-order valence-corrected chi connectivity index (χ2v) is 4.51. The van der Waals surface area contributed by atoms with Crippen LogP contribution >= 0.6 is 0 Å². The molecule has 88 valence electrons. The van der Waals surface area contributed by atoms with E-state index in [-0.39, 0.29) is 5.78 Å².